The predicted molar refractivity (Wildman–Crippen MR) is 107 cm³/mol. The standard InChI is InChI=1S/C22H13ClFNO3/c23-17-7-3-1-5-14(17)21-12-19(26)16-11-13(9-10-20(16)28-21)25-22(27)15-6-2-4-8-18(15)24/h1-12H,(H,25,27). The number of hydrogen-bond donors (Lipinski definition) is 1. The van der Waals surface area contributed by atoms with E-state index < -0.39 is 11.7 Å². The van der Waals surface area contributed by atoms with Crippen LogP contribution in [0.3, 0.4) is 0 Å². The van der Waals surface area contributed by atoms with Gasteiger partial charge in [-0.1, -0.05) is 35.9 Å². The number of hydrogen-bond acceptors (Lipinski definition) is 3. The van der Waals surface area contributed by atoms with E-state index in [9.17, 15) is 14.0 Å². The summed E-state index contributed by atoms with van der Waals surface area (Å²) in [5.74, 6) is -0.870. The van der Waals surface area contributed by atoms with Gasteiger partial charge >= 0.3 is 0 Å². The van der Waals surface area contributed by atoms with Crippen molar-refractivity contribution in [1.29, 1.82) is 0 Å². The Morgan fingerprint density at radius 2 is 1.71 bits per heavy atom. The number of fused-ring (bicyclic) bond motifs is 1. The van der Waals surface area contributed by atoms with Crippen LogP contribution < -0.4 is 10.7 Å². The van der Waals surface area contributed by atoms with Gasteiger partial charge in [-0.3, -0.25) is 9.59 Å². The molecular formula is C22H13ClFNO3. The summed E-state index contributed by atoms with van der Waals surface area (Å²) in [5.41, 5.74) is 0.965. The maximum atomic E-state index is 13.8. The third-order valence-corrected chi connectivity index (χ3v) is 4.57. The summed E-state index contributed by atoms with van der Waals surface area (Å²) in [7, 11) is 0. The van der Waals surface area contributed by atoms with E-state index >= 15 is 0 Å². The lowest BCUT2D eigenvalue weighted by molar-refractivity contribution is 0.102. The zero-order chi connectivity index (χ0) is 19.7. The molecule has 0 aliphatic heterocycles. The first kappa shape index (κ1) is 17.9. The fourth-order valence-electron chi connectivity index (χ4n) is 2.87. The van der Waals surface area contributed by atoms with Crippen molar-refractivity contribution in [2.75, 3.05) is 5.32 Å². The molecule has 1 N–H and O–H groups in total. The molecule has 0 spiro atoms. The summed E-state index contributed by atoms with van der Waals surface area (Å²) in [6, 6.07) is 18.7. The van der Waals surface area contributed by atoms with Crippen molar-refractivity contribution < 1.29 is 13.6 Å². The summed E-state index contributed by atoms with van der Waals surface area (Å²) in [4.78, 5) is 24.8. The monoisotopic (exact) mass is 393 g/mol. The van der Waals surface area contributed by atoms with Gasteiger partial charge in [0.05, 0.1) is 16.0 Å². The first-order valence-electron chi connectivity index (χ1n) is 8.41. The molecule has 0 aliphatic rings. The van der Waals surface area contributed by atoms with Crippen LogP contribution in [0.4, 0.5) is 10.1 Å². The largest absolute Gasteiger partial charge is 0.456 e. The minimum Gasteiger partial charge on any atom is -0.456 e. The van der Waals surface area contributed by atoms with Crippen molar-refractivity contribution in [1.82, 2.24) is 0 Å². The maximum Gasteiger partial charge on any atom is 0.258 e. The Labute approximate surface area is 164 Å². The second-order valence-electron chi connectivity index (χ2n) is 6.10. The highest BCUT2D eigenvalue weighted by Gasteiger charge is 2.13. The smallest absolute Gasteiger partial charge is 0.258 e. The number of anilines is 1. The third-order valence-electron chi connectivity index (χ3n) is 4.24. The molecule has 1 aromatic heterocycles. The minimum atomic E-state index is -0.621. The van der Waals surface area contributed by atoms with E-state index in [1.165, 1.54) is 30.3 Å². The molecule has 0 unspecified atom stereocenters. The topological polar surface area (TPSA) is 59.3 Å². The van der Waals surface area contributed by atoms with Gasteiger partial charge in [-0.15, -0.1) is 0 Å². The summed E-state index contributed by atoms with van der Waals surface area (Å²) < 4.78 is 19.6. The van der Waals surface area contributed by atoms with Crippen LogP contribution in [-0.4, -0.2) is 5.91 Å². The summed E-state index contributed by atoms with van der Waals surface area (Å²) >= 11 is 6.18. The molecule has 1 amide bonds. The second kappa shape index (κ2) is 7.29. The van der Waals surface area contributed by atoms with Crippen molar-refractivity contribution in [2.45, 2.75) is 0 Å². The van der Waals surface area contributed by atoms with Gasteiger partial charge in [0.15, 0.2) is 5.43 Å². The molecule has 0 radical (unpaired) electrons. The molecule has 138 valence electrons. The molecule has 6 heteroatoms. The second-order valence-corrected chi connectivity index (χ2v) is 6.51. The summed E-state index contributed by atoms with van der Waals surface area (Å²) in [5, 5.41) is 3.36. The first-order chi connectivity index (χ1) is 13.5. The average Bonchev–Trinajstić information content (AvgIpc) is 2.69. The van der Waals surface area contributed by atoms with Crippen molar-refractivity contribution in [3.63, 3.8) is 0 Å². The van der Waals surface area contributed by atoms with Gasteiger partial charge < -0.3 is 9.73 Å². The highest BCUT2D eigenvalue weighted by molar-refractivity contribution is 6.33. The van der Waals surface area contributed by atoms with Crippen LogP contribution >= 0.6 is 11.6 Å². The number of rotatable bonds is 3. The maximum absolute atomic E-state index is 13.8. The zero-order valence-electron chi connectivity index (χ0n) is 14.4. The van der Waals surface area contributed by atoms with Crippen LogP contribution in [0.1, 0.15) is 10.4 Å². The quantitative estimate of drug-likeness (QED) is 0.499. The summed E-state index contributed by atoms with van der Waals surface area (Å²) in [6.45, 7) is 0. The van der Waals surface area contributed by atoms with E-state index in [4.69, 9.17) is 16.0 Å². The highest BCUT2D eigenvalue weighted by atomic mass is 35.5. The van der Waals surface area contributed by atoms with Gasteiger partial charge in [0.2, 0.25) is 0 Å². The van der Waals surface area contributed by atoms with Gasteiger partial charge in [-0.25, -0.2) is 4.39 Å². The highest BCUT2D eigenvalue weighted by Crippen LogP contribution is 2.29. The molecule has 4 rings (SSSR count). The SMILES string of the molecule is O=C(Nc1ccc2oc(-c3ccccc3Cl)cc(=O)c2c1)c1ccccc1F. The number of carbonyl (C=O) groups excluding carboxylic acids is 1. The fraction of sp³-hybridized carbons (Fsp3) is 0. The van der Waals surface area contributed by atoms with Crippen molar-refractivity contribution in [3.8, 4) is 11.3 Å². The van der Waals surface area contributed by atoms with E-state index in [1.54, 1.807) is 42.5 Å². The molecule has 0 saturated carbocycles. The average molecular weight is 394 g/mol. The molecule has 28 heavy (non-hydrogen) atoms. The normalized spacial score (nSPS) is 10.8. The van der Waals surface area contributed by atoms with E-state index in [0.717, 1.165) is 0 Å². The van der Waals surface area contributed by atoms with Crippen molar-refractivity contribution >= 4 is 34.2 Å². The lowest BCUT2D eigenvalue weighted by Crippen LogP contribution is -2.14. The minimum absolute atomic E-state index is 0.0799. The molecule has 0 aliphatic carbocycles. The van der Waals surface area contributed by atoms with E-state index in [2.05, 4.69) is 5.32 Å². The zero-order valence-corrected chi connectivity index (χ0v) is 15.2. The number of benzene rings is 3. The summed E-state index contributed by atoms with van der Waals surface area (Å²) in [6.07, 6.45) is 0. The van der Waals surface area contributed by atoms with Gasteiger partial charge in [0.1, 0.15) is 17.2 Å². The van der Waals surface area contributed by atoms with Crippen LogP contribution in [-0.2, 0) is 0 Å². The van der Waals surface area contributed by atoms with Crippen LogP contribution in [0.25, 0.3) is 22.3 Å². The Bertz CT molecular complexity index is 1270. The number of halogens is 2. The van der Waals surface area contributed by atoms with Crippen LogP contribution in [0.2, 0.25) is 5.02 Å². The number of nitrogens with one attached hydrogen (secondary N) is 1. The molecule has 0 saturated heterocycles. The van der Waals surface area contributed by atoms with Crippen LogP contribution in [0.15, 0.2) is 82.0 Å². The Morgan fingerprint density at radius 1 is 0.964 bits per heavy atom. The Morgan fingerprint density at radius 3 is 2.50 bits per heavy atom. The van der Waals surface area contributed by atoms with E-state index in [-0.39, 0.29) is 11.0 Å². The van der Waals surface area contributed by atoms with Crippen LogP contribution in [0, 0.1) is 5.82 Å². The predicted octanol–water partition coefficient (Wildman–Crippen LogP) is 5.50. The number of amides is 1. The molecule has 0 fully saturated rings. The van der Waals surface area contributed by atoms with Crippen molar-refractivity contribution in [3.05, 3.63) is 99.4 Å². The molecule has 0 atom stereocenters. The van der Waals surface area contributed by atoms with Gasteiger partial charge in [-0.2, -0.15) is 0 Å². The molecule has 4 aromatic rings. The Kier molecular flexibility index (Phi) is 4.67. The molecule has 3 aromatic carbocycles. The molecule has 4 nitrogen and oxygen atoms in total. The van der Waals surface area contributed by atoms with E-state index in [0.29, 0.717) is 33.0 Å². The van der Waals surface area contributed by atoms with Gasteiger partial charge in [0, 0.05) is 17.3 Å². The molecule has 0 bridgehead atoms. The lowest BCUT2D eigenvalue weighted by Gasteiger charge is -2.08. The fourth-order valence-corrected chi connectivity index (χ4v) is 3.10. The van der Waals surface area contributed by atoms with Crippen molar-refractivity contribution in [2.24, 2.45) is 0 Å². The van der Waals surface area contributed by atoms with Gasteiger partial charge in [-0.05, 0) is 42.5 Å². The number of carbonyl (C=O) groups is 1. The van der Waals surface area contributed by atoms with Crippen LogP contribution in [0.5, 0.6) is 0 Å². The Balaban J connectivity index is 1.70. The third kappa shape index (κ3) is 3.40. The lowest BCUT2D eigenvalue weighted by atomic mass is 10.1. The Hall–Kier alpha value is -3.44. The molecular weight excluding hydrogens is 381 g/mol. The van der Waals surface area contributed by atoms with Gasteiger partial charge in [0.25, 0.3) is 5.91 Å². The van der Waals surface area contributed by atoms with E-state index in [1.807, 2.05) is 0 Å². The molecule has 1 heterocycles. The first-order valence-corrected chi connectivity index (χ1v) is 8.79.